The smallest absolute Gasteiger partial charge is 0.184 e. The minimum absolute atomic E-state index is 0.105. The summed E-state index contributed by atoms with van der Waals surface area (Å²) in [7, 11) is -1.40. The molecule has 0 aromatic rings. The maximum atomic E-state index is 5.45. The molecule has 0 aliphatic carbocycles. The summed E-state index contributed by atoms with van der Waals surface area (Å²) in [6.45, 7) is 10.0. The van der Waals surface area contributed by atoms with Crippen LogP contribution in [0.4, 0.5) is 0 Å². The van der Waals surface area contributed by atoms with Crippen molar-refractivity contribution in [1.29, 1.82) is 0 Å². The van der Waals surface area contributed by atoms with Crippen LogP contribution in [0.15, 0.2) is 0 Å². The standard InChI is InChI=1S/C6H13OSSi/c1-6(5-8)7-9(2,3)4/h5-6H,1H2,2-4H3. The number of hydrogen-bond donors (Lipinski definition) is 0. The Morgan fingerprint density at radius 2 is 2.00 bits per heavy atom. The SMILES string of the molecule is [CH2]C(C=S)O[Si](C)(C)C. The first-order chi connectivity index (χ1) is 3.95. The Balaban J connectivity index is 3.59. The van der Waals surface area contributed by atoms with E-state index in [0.29, 0.717) is 0 Å². The highest BCUT2D eigenvalue weighted by Crippen LogP contribution is 2.04. The van der Waals surface area contributed by atoms with Gasteiger partial charge in [0.05, 0.1) is 6.10 Å². The Morgan fingerprint density at radius 3 is 2.11 bits per heavy atom. The van der Waals surface area contributed by atoms with Gasteiger partial charge in [-0.25, -0.2) is 0 Å². The zero-order valence-corrected chi connectivity index (χ0v) is 7.99. The molecule has 0 N–H and O–H groups in total. The van der Waals surface area contributed by atoms with Crippen molar-refractivity contribution in [3.63, 3.8) is 0 Å². The van der Waals surface area contributed by atoms with Gasteiger partial charge in [-0.1, -0.05) is 12.2 Å². The van der Waals surface area contributed by atoms with Crippen molar-refractivity contribution in [1.82, 2.24) is 0 Å². The van der Waals surface area contributed by atoms with Gasteiger partial charge in [-0.3, -0.25) is 0 Å². The van der Waals surface area contributed by atoms with E-state index in [4.69, 9.17) is 4.43 Å². The molecule has 0 aromatic heterocycles. The van der Waals surface area contributed by atoms with Crippen LogP contribution in [0.2, 0.25) is 19.6 Å². The van der Waals surface area contributed by atoms with E-state index in [2.05, 4.69) is 38.8 Å². The summed E-state index contributed by atoms with van der Waals surface area (Å²) in [6, 6.07) is 0. The molecule has 1 nitrogen and oxygen atoms in total. The van der Waals surface area contributed by atoms with Gasteiger partial charge < -0.3 is 4.43 Å². The van der Waals surface area contributed by atoms with E-state index in [1.54, 1.807) is 5.37 Å². The van der Waals surface area contributed by atoms with Crippen LogP contribution in [0.25, 0.3) is 0 Å². The van der Waals surface area contributed by atoms with Crippen molar-refractivity contribution in [2.24, 2.45) is 0 Å². The van der Waals surface area contributed by atoms with E-state index >= 15 is 0 Å². The van der Waals surface area contributed by atoms with Gasteiger partial charge in [0.1, 0.15) is 0 Å². The van der Waals surface area contributed by atoms with Crippen molar-refractivity contribution < 1.29 is 4.43 Å². The molecule has 0 rings (SSSR count). The molecule has 0 fully saturated rings. The third kappa shape index (κ3) is 6.15. The van der Waals surface area contributed by atoms with Crippen LogP contribution in [-0.4, -0.2) is 19.8 Å². The van der Waals surface area contributed by atoms with Crippen LogP contribution < -0.4 is 0 Å². The maximum Gasteiger partial charge on any atom is 0.184 e. The molecule has 0 saturated heterocycles. The molecule has 1 radical (unpaired) electrons. The normalized spacial score (nSPS) is 15.1. The Bertz CT molecular complexity index is 97.7. The summed E-state index contributed by atoms with van der Waals surface area (Å²) in [5, 5.41) is 1.55. The number of rotatable bonds is 3. The van der Waals surface area contributed by atoms with Crippen LogP contribution in [0, 0.1) is 6.92 Å². The van der Waals surface area contributed by atoms with Crippen molar-refractivity contribution >= 4 is 25.9 Å². The molecule has 0 spiro atoms. The highest BCUT2D eigenvalue weighted by molar-refractivity contribution is 7.79. The first kappa shape index (κ1) is 9.27. The minimum atomic E-state index is -1.40. The van der Waals surface area contributed by atoms with Gasteiger partial charge in [-0.05, 0) is 26.6 Å². The lowest BCUT2D eigenvalue weighted by molar-refractivity contribution is 0.311. The predicted molar refractivity (Wildman–Crippen MR) is 47.2 cm³/mol. The van der Waals surface area contributed by atoms with Gasteiger partial charge >= 0.3 is 0 Å². The van der Waals surface area contributed by atoms with E-state index < -0.39 is 8.32 Å². The topological polar surface area (TPSA) is 9.23 Å². The van der Waals surface area contributed by atoms with Gasteiger partial charge in [-0.2, -0.15) is 0 Å². The zero-order valence-electron chi connectivity index (χ0n) is 6.18. The lowest BCUT2D eigenvalue weighted by Crippen LogP contribution is -2.30. The van der Waals surface area contributed by atoms with Crippen molar-refractivity contribution in [3.05, 3.63) is 6.92 Å². The molecule has 0 aliphatic rings. The average molecular weight is 161 g/mol. The molecular formula is C6H13OSSi. The molecule has 1 unspecified atom stereocenters. The fourth-order valence-corrected chi connectivity index (χ4v) is 1.61. The summed E-state index contributed by atoms with van der Waals surface area (Å²) in [6.07, 6.45) is -0.105. The van der Waals surface area contributed by atoms with Crippen LogP contribution in [-0.2, 0) is 4.43 Å². The van der Waals surface area contributed by atoms with E-state index in [0.717, 1.165) is 0 Å². The molecule has 0 aliphatic heterocycles. The second kappa shape index (κ2) is 3.44. The summed E-state index contributed by atoms with van der Waals surface area (Å²) in [5.41, 5.74) is 0. The van der Waals surface area contributed by atoms with Gasteiger partial charge in [0.15, 0.2) is 8.32 Å². The Kier molecular flexibility index (Phi) is 3.54. The highest BCUT2D eigenvalue weighted by atomic mass is 32.1. The van der Waals surface area contributed by atoms with Gasteiger partial charge in [0.2, 0.25) is 0 Å². The third-order valence-electron chi connectivity index (χ3n) is 0.657. The predicted octanol–water partition coefficient (Wildman–Crippen LogP) is 2.04. The Labute approximate surface area is 63.5 Å². The van der Waals surface area contributed by atoms with Gasteiger partial charge in [-0.15, -0.1) is 0 Å². The highest BCUT2D eigenvalue weighted by Gasteiger charge is 2.16. The molecular weight excluding hydrogens is 148 g/mol. The maximum absolute atomic E-state index is 5.45. The van der Waals surface area contributed by atoms with Crippen molar-refractivity contribution in [2.45, 2.75) is 25.7 Å². The monoisotopic (exact) mass is 161 g/mol. The van der Waals surface area contributed by atoms with Crippen LogP contribution in [0.1, 0.15) is 0 Å². The van der Waals surface area contributed by atoms with E-state index in [1.165, 1.54) is 0 Å². The summed E-state index contributed by atoms with van der Waals surface area (Å²) >= 11 is 4.65. The summed E-state index contributed by atoms with van der Waals surface area (Å²) in [5.74, 6) is 0. The summed E-state index contributed by atoms with van der Waals surface area (Å²) < 4.78 is 5.45. The molecule has 0 aromatic carbocycles. The molecule has 53 valence electrons. The third-order valence-corrected chi connectivity index (χ3v) is 1.97. The molecule has 0 amide bonds. The lowest BCUT2D eigenvalue weighted by Gasteiger charge is -2.19. The van der Waals surface area contributed by atoms with Crippen LogP contribution in [0.3, 0.4) is 0 Å². The Hall–Kier alpha value is 0.267. The second-order valence-corrected chi connectivity index (χ2v) is 7.64. The van der Waals surface area contributed by atoms with Crippen LogP contribution in [0.5, 0.6) is 0 Å². The Morgan fingerprint density at radius 1 is 1.56 bits per heavy atom. The quantitative estimate of drug-likeness (QED) is 0.463. The first-order valence-corrected chi connectivity index (χ1v) is 6.80. The van der Waals surface area contributed by atoms with E-state index in [-0.39, 0.29) is 6.10 Å². The molecule has 1 atom stereocenters. The molecule has 0 heterocycles. The van der Waals surface area contributed by atoms with Crippen molar-refractivity contribution in [2.75, 3.05) is 0 Å². The van der Waals surface area contributed by atoms with E-state index in [9.17, 15) is 0 Å². The molecule has 0 saturated carbocycles. The zero-order chi connectivity index (χ0) is 7.49. The number of thiocarbonyl (C=S) groups is 1. The van der Waals surface area contributed by atoms with Gasteiger partial charge in [0, 0.05) is 5.37 Å². The second-order valence-electron chi connectivity index (χ2n) is 2.90. The fourth-order valence-electron chi connectivity index (χ4n) is 0.482. The van der Waals surface area contributed by atoms with Crippen molar-refractivity contribution in [3.8, 4) is 0 Å². The van der Waals surface area contributed by atoms with Gasteiger partial charge in [0.25, 0.3) is 0 Å². The molecule has 3 heteroatoms. The fraction of sp³-hybridized carbons (Fsp3) is 0.667. The van der Waals surface area contributed by atoms with Crippen LogP contribution >= 0.6 is 12.2 Å². The average Bonchev–Trinajstić information content (AvgIpc) is 1.62. The minimum Gasteiger partial charge on any atom is -0.411 e. The molecule has 9 heavy (non-hydrogen) atoms. The summed E-state index contributed by atoms with van der Waals surface area (Å²) in [4.78, 5) is 0. The molecule has 0 bridgehead atoms. The lowest BCUT2D eigenvalue weighted by atomic mass is 10.5. The largest absolute Gasteiger partial charge is 0.411 e. The first-order valence-electron chi connectivity index (χ1n) is 2.92. The number of hydrogen-bond acceptors (Lipinski definition) is 2. The van der Waals surface area contributed by atoms with E-state index in [1.807, 2.05) is 0 Å².